The smallest absolute Gasteiger partial charge is 0.225 e. The van der Waals surface area contributed by atoms with Crippen LogP contribution >= 0.6 is 0 Å². The molecule has 0 aliphatic carbocycles. The Morgan fingerprint density at radius 3 is 2.91 bits per heavy atom. The number of piperidine rings is 1. The molecular formula is C16H24N4O3. The molecule has 1 N–H and O–H groups in total. The molecule has 0 aromatic carbocycles. The number of nitrogens with one attached hydrogen (secondary N) is 1. The van der Waals surface area contributed by atoms with E-state index in [0.717, 1.165) is 37.6 Å². The number of carbonyl (C=O) groups excluding carboxylic acids is 1. The van der Waals surface area contributed by atoms with Gasteiger partial charge in [0.1, 0.15) is 0 Å². The second kappa shape index (κ2) is 7.70. The number of rotatable bonds is 4. The highest BCUT2D eigenvalue weighted by Crippen LogP contribution is 2.20. The van der Waals surface area contributed by atoms with E-state index in [2.05, 4.69) is 20.2 Å². The zero-order valence-corrected chi connectivity index (χ0v) is 13.5. The average Bonchev–Trinajstić information content (AvgIpc) is 2.61. The quantitative estimate of drug-likeness (QED) is 0.872. The average molecular weight is 320 g/mol. The number of carbonyl (C=O) groups is 1. The lowest BCUT2D eigenvalue weighted by molar-refractivity contribution is -0.128. The van der Waals surface area contributed by atoms with E-state index in [1.807, 2.05) is 13.0 Å². The van der Waals surface area contributed by atoms with E-state index in [0.29, 0.717) is 26.4 Å². The number of amides is 1. The third-order valence-corrected chi connectivity index (χ3v) is 4.32. The first kappa shape index (κ1) is 16.1. The summed E-state index contributed by atoms with van der Waals surface area (Å²) in [5.74, 6) is 0.932. The van der Waals surface area contributed by atoms with Gasteiger partial charge in [-0.05, 0) is 25.8 Å². The Balaban J connectivity index is 1.43. The molecule has 1 atom stereocenters. The fourth-order valence-electron chi connectivity index (χ4n) is 2.94. The number of aryl methyl sites for hydroxylation is 1. The minimum absolute atomic E-state index is 0.0199. The Kier molecular flexibility index (Phi) is 5.40. The van der Waals surface area contributed by atoms with E-state index >= 15 is 0 Å². The van der Waals surface area contributed by atoms with Crippen molar-refractivity contribution < 1.29 is 14.3 Å². The highest BCUT2D eigenvalue weighted by Gasteiger charge is 2.26. The molecule has 2 fully saturated rings. The van der Waals surface area contributed by atoms with Gasteiger partial charge in [0.25, 0.3) is 0 Å². The van der Waals surface area contributed by atoms with E-state index in [-0.39, 0.29) is 17.9 Å². The molecule has 2 saturated heterocycles. The maximum atomic E-state index is 12.3. The van der Waals surface area contributed by atoms with E-state index in [4.69, 9.17) is 9.47 Å². The van der Waals surface area contributed by atoms with Crippen LogP contribution in [-0.2, 0) is 14.3 Å². The first-order valence-electron chi connectivity index (χ1n) is 8.24. The third kappa shape index (κ3) is 4.39. The van der Waals surface area contributed by atoms with Gasteiger partial charge in [-0.2, -0.15) is 0 Å². The Labute approximate surface area is 136 Å². The van der Waals surface area contributed by atoms with Crippen LogP contribution in [0.3, 0.4) is 0 Å². The summed E-state index contributed by atoms with van der Waals surface area (Å²) in [6.07, 6.45) is 3.41. The van der Waals surface area contributed by atoms with Crippen molar-refractivity contribution in [1.29, 1.82) is 0 Å². The standard InChI is InChI=1S/C16H24N4O3/c1-12-2-5-17-16(19-12)20-6-3-13(4-7-20)15(21)18-10-14-11-22-8-9-23-14/h2,5,13-14H,3-4,6-11H2,1H3,(H,18,21). The Morgan fingerprint density at radius 1 is 1.39 bits per heavy atom. The van der Waals surface area contributed by atoms with Crippen molar-refractivity contribution in [2.45, 2.75) is 25.9 Å². The molecule has 1 aromatic heterocycles. The van der Waals surface area contributed by atoms with Crippen molar-refractivity contribution in [2.24, 2.45) is 5.92 Å². The molecule has 0 spiro atoms. The molecule has 1 unspecified atom stereocenters. The van der Waals surface area contributed by atoms with Gasteiger partial charge in [-0.1, -0.05) is 0 Å². The monoisotopic (exact) mass is 320 g/mol. The Morgan fingerprint density at radius 2 is 2.22 bits per heavy atom. The van der Waals surface area contributed by atoms with Crippen molar-refractivity contribution in [3.05, 3.63) is 18.0 Å². The lowest BCUT2D eigenvalue weighted by Crippen LogP contribution is -2.45. The van der Waals surface area contributed by atoms with Crippen molar-refractivity contribution in [3.8, 4) is 0 Å². The Hall–Kier alpha value is -1.73. The summed E-state index contributed by atoms with van der Waals surface area (Å²) < 4.78 is 10.9. The Bertz CT molecular complexity index is 526. The molecule has 23 heavy (non-hydrogen) atoms. The summed E-state index contributed by atoms with van der Waals surface area (Å²) in [7, 11) is 0. The first-order valence-corrected chi connectivity index (χ1v) is 8.24. The van der Waals surface area contributed by atoms with Crippen molar-refractivity contribution in [3.63, 3.8) is 0 Å². The minimum atomic E-state index is -0.0199. The normalized spacial score (nSPS) is 22.8. The maximum Gasteiger partial charge on any atom is 0.225 e. The molecule has 1 aromatic rings. The summed E-state index contributed by atoms with van der Waals surface area (Å²) in [5, 5.41) is 2.99. The second-order valence-corrected chi connectivity index (χ2v) is 6.07. The van der Waals surface area contributed by atoms with Crippen LogP contribution in [0.5, 0.6) is 0 Å². The molecule has 7 nitrogen and oxygen atoms in total. The molecule has 0 radical (unpaired) electrons. The van der Waals surface area contributed by atoms with Crippen LogP contribution in [0.25, 0.3) is 0 Å². The molecular weight excluding hydrogens is 296 g/mol. The molecule has 2 aliphatic heterocycles. The van der Waals surface area contributed by atoms with Crippen LogP contribution in [0.15, 0.2) is 12.3 Å². The number of nitrogens with zero attached hydrogens (tertiary/aromatic N) is 3. The summed E-state index contributed by atoms with van der Waals surface area (Å²) in [5.41, 5.74) is 0.963. The SMILES string of the molecule is Cc1ccnc(N2CCC(C(=O)NCC3COCCO3)CC2)n1. The van der Waals surface area contributed by atoms with Crippen LogP contribution in [0.1, 0.15) is 18.5 Å². The highest BCUT2D eigenvalue weighted by molar-refractivity contribution is 5.79. The van der Waals surface area contributed by atoms with Gasteiger partial charge in [-0.3, -0.25) is 4.79 Å². The van der Waals surface area contributed by atoms with Gasteiger partial charge < -0.3 is 19.7 Å². The van der Waals surface area contributed by atoms with Gasteiger partial charge in [0, 0.05) is 37.4 Å². The molecule has 126 valence electrons. The zero-order valence-electron chi connectivity index (χ0n) is 13.5. The first-order chi connectivity index (χ1) is 11.2. The summed E-state index contributed by atoms with van der Waals surface area (Å²) in [6.45, 7) is 5.92. The molecule has 2 aliphatic rings. The fourth-order valence-corrected chi connectivity index (χ4v) is 2.94. The molecule has 7 heteroatoms. The predicted molar refractivity (Wildman–Crippen MR) is 85.3 cm³/mol. The second-order valence-electron chi connectivity index (χ2n) is 6.07. The van der Waals surface area contributed by atoms with Gasteiger partial charge in [0.15, 0.2) is 0 Å². The van der Waals surface area contributed by atoms with Crippen LogP contribution in [0, 0.1) is 12.8 Å². The number of ether oxygens (including phenoxy) is 2. The summed E-state index contributed by atoms with van der Waals surface area (Å²) in [4.78, 5) is 23.2. The number of anilines is 1. The lowest BCUT2D eigenvalue weighted by atomic mass is 9.96. The third-order valence-electron chi connectivity index (χ3n) is 4.32. The van der Waals surface area contributed by atoms with E-state index in [1.165, 1.54) is 0 Å². The fraction of sp³-hybridized carbons (Fsp3) is 0.688. The van der Waals surface area contributed by atoms with E-state index in [1.54, 1.807) is 6.20 Å². The van der Waals surface area contributed by atoms with Gasteiger partial charge in [0.05, 0.1) is 25.9 Å². The summed E-state index contributed by atoms with van der Waals surface area (Å²) >= 11 is 0. The lowest BCUT2D eigenvalue weighted by Gasteiger charge is -2.31. The zero-order chi connectivity index (χ0) is 16.1. The van der Waals surface area contributed by atoms with Crippen molar-refractivity contribution in [2.75, 3.05) is 44.4 Å². The minimum Gasteiger partial charge on any atom is -0.376 e. The largest absolute Gasteiger partial charge is 0.376 e. The van der Waals surface area contributed by atoms with Gasteiger partial charge in [-0.15, -0.1) is 0 Å². The molecule has 3 rings (SSSR count). The van der Waals surface area contributed by atoms with E-state index in [9.17, 15) is 4.79 Å². The molecule has 0 bridgehead atoms. The van der Waals surface area contributed by atoms with Gasteiger partial charge in [0.2, 0.25) is 11.9 Å². The predicted octanol–water partition coefficient (Wildman–Crippen LogP) is 0.533. The number of hydrogen-bond acceptors (Lipinski definition) is 6. The molecule has 1 amide bonds. The van der Waals surface area contributed by atoms with Crippen LogP contribution in [-0.4, -0.2) is 61.4 Å². The van der Waals surface area contributed by atoms with Gasteiger partial charge in [-0.25, -0.2) is 9.97 Å². The van der Waals surface area contributed by atoms with E-state index < -0.39 is 0 Å². The van der Waals surface area contributed by atoms with Crippen molar-refractivity contribution in [1.82, 2.24) is 15.3 Å². The van der Waals surface area contributed by atoms with Crippen LogP contribution in [0.4, 0.5) is 5.95 Å². The van der Waals surface area contributed by atoms with Crippen LogP contribution < -0.4 is 10.2 Å². The van der Waals surface area contributed by atoms with Crippen LogP contribution in [0.2, 0.25) is 0 Å². The highest BCUT2D eigenvalue weighted by atomic mass is 16.6. The van der Waals surface area contributed by atoms with Crippen molar-refractivity contribution >= 4 is 11.9 Å². The number of aromatic nitrogens is 2. The summed E-state index contributed by atoms with van der Waals surface area (Å²) in [6, 6.07) is 1.89. The maximum absolute atomic E-state index is 12.3. The molecule has 3 heterocycles. The topological polar surface area (TPSA) is 76.6 Å². The number of hydrogen-bond donors (Lipinski definition) is 1. The van der Waals surface area contributed by atoms with Gasteiger partial charge >= 0.3 is 0 Å². The molecule has 0 saturated carbocycles.